The van der Waals surface area contributed by atoms with Gasteiger partial charge in [-0.25, -0.2) is 0 Å². The summed E-state index contributed by atoms with van der Waals surface area (Å²) in [5.41, 5.74) is 0. The third-order valence-corrected chi connectivity index (χ3v) is 4.16. The van der Waals surface area contributed by atoms with E-state index >= 15 is 0 Å². The summed E-state index contributed by atoms with van der Waals surface area (Å²) in [6.45, 7) is 4.69. The molecular formula is C14H16N4OS2. The first-order valence-corrected chi connectivity index (χ1v) is 8.41. The van der Waals surface area contributed by atoms with Gasteiger partial charge in [-0.2, -0.15) is 0 Å². The van der Waals surface area contributed by atoms with Crippen LogP contribution in [0.1, 0.15) is 10.7 Å². The molecule has 0 atom stereocenters. The van der Waals surface area contributed by atoms with Crippen LogP contribution in [0.15, 0.2) is 41.4 Å². The van der Waals surface area contributed by atoms with Gasteiger partial charge < -0.3 is 9.88 Å². The molecule has 0 saturated carbocycles. The molecule has 0 aliphatic carbocycles. The largest absolute Gasteiger partial charge is 0.345 e. The molecule has 110 valence electrons. The molecular weight excluding hydrogens is 304 g/mol. The van der Waals surface area contributed by atoms with E-state index in [0.717, 1.165) is 15.9 Å². The Hall–Kier alpha value is -1.86. The van der Waals surface area contributed by atoms with E-state index < -0.39 is 0 Å². The molecule has 0 fully saturated rings. The number of rotatable bonds is 7. The summed E-state index contributed by atoms with van der Waals surface area (Å²) in [5, 5.41) is 13.8. The lowest BCUT2D eigenvalue weighted by Crippen LogP contribution is -2.22. The zero-order chi connectivity index (χ0) is 15.1. The smallest absolute Gasteiger partial charge is 0.244 e. The number of hydrogen-bond acceptors (Lipinski definition) is 5. The molecule has 0 bridgehead atoms. The Labute approximate surface area is 131 Å². The van der Waals surface area contributed by atoms with Gasteiger partial charge in [-0.1, -0.05) is 23.9 Å². The van der Waals surface area contributed by atoms with Crippen molar-refractivity contribution in [3.63, 3.8) is 0 Å². The number of nitrogens with zero attached hydrogens (tertiary/aromatic N) is 3. The molecule has 1 N–H and O–H groups in total. The van der Waals surface area contributed by atoms with Crippen molar-refractivity contribution < 1.29 is 4.79 Å². The lowest BCUT2D eigenvalue weighted by molar-refractivity contribution is -0.116. The van der Waals surface area contributed by atoms with Crippen LogP contribution in [0.3, 0.4) is 0 Å². The van der Waals surface area contributed by atoms with E-state index in [1.165, 1.54) is 17.8 Å². The molecule has 0 unspecified atom stereocenters. The predicted molar refractivity (Wildman–Crippen MR) is 87.2 cm³/mol. The summed E-state index contributed by atoms with van der Waals surface area (Å²) in [4.78, 5) is 12.8. The van der Waals surface area contributed by atoms with Crippen molar-refractivity contribution in [3.8, 4) is 0 Å². The van der Waals surface area contributed by atoms with Crippen LogP contribution < -0.4 is 5.32 Å². The number of carbonyl (C=O) groups is 1. The molecule has 0 saturated heterocycles. The summed E-state index contributed by atoms with van der Waals surface area (Å²) >= 11 is 3.10. The second-order valence-electron chi connectivity index (χ2n) is 4.07. The summed E-state index contributed by atoms with van der Waals surface area (Å²) in [6.07, 6.45) is 7.04. The molecule has 0 aromatic carbocycles. The van der Waals surface area contributed by atoms with Crippen LogP contribution in [0.4, 0.5) is 0 Å². The fraction of sp³-hybridized carbons (Fsp3) is 0.214. The van der Waals surface area contributed by atoms with E-state index in [-0.39, 0.29) is 5.91 Å². The van der Waals surface area contributed by atoms with E-state index in [4.69, 9.17) is 0 Å². The maximum atomic E-state index is 11.8. The topological polar surface area (TPSA) is 59.8 Å². The van der Waals surface area contributed by atoms with E-state index in [2.05, 4.69) is 22.1 Å². The van der Waals surface area contributed by atoms with Gasteiger partial charge >= 0.3 is 0 Å². The normalized spacial score (nSPS) is 10.9. The highest BCUT2D eigenvalue weighted by Crippen LogP contribution is 2.13. The van der Waals surface area contributed by atoms with E-state index in [9.17, 15) is 4.79 Å². The van der Waals surface area contributed by atoms with Gasteiger partial charge in [0.2, 0.25) is 5.91 Å². The molecule has 21 heavy (non-hydrogen) atoms. The first kappa shape index (κ1) is 15.5. The van der Waals surface area contributed by atoms with Crippen molar-refractivity contribution in [1.82, 2.24) is 20.1 Å². The summed E-state index contributed by atoms with van der Waals surface area (Å²) in [7, 11) is 0. The Morgan fingerprint density at radius 3 is 3.10 bits per heavy atom. The Balaban J connectivity index is 1.94. The first-order chi connectivity index (χ1) is 10.2. The van der Waals surface area contributed by atoms with E-state index in [1.54, 1.807) is 23.5 Å². The van der Waals surface area contributed by atoms with Crippen molar-refractivity contribution in [3.05, 3.63) is 46.9 Å². The van der Waals surface area contributed by atoms with Crippen molar-refractivity contribution in [1.29, 1.82) is 0 Å². The van der Waals surface area contributed by atoms with Crippen molar-refractivity contribution in [2.24, 2.45) is 0 Å². The maximum Gasteiger partial charge on any atom is 0.244 e. The Morgan fingerprint density at radius 1 is 1.57 bits per heavy atom. The van der Waals surface area contributed by atoms with Gasteiger partial charge in [0.05, 0.1) is 6.54 Å². The third-order valence-electron chi connectivity index (χ3n) is 2.65. The van der Waals surface area contributed by atoms with Crippen LogP contribution in [-0.2, 0) is 17.9 Å². The second-order valence-corrected chi connectivity index (χ2v) is 5.82. The van der Waals surface area contributed by atoms with Gasteiger partial charge in [0.15, 0.2) is 11.0 Å². The van der Waals surface area contributed by atoms with Crippen molar-refractivity contribution >= 4 is 35.1 Å². The number of thioether (sulfide) groups is 1. The summed E-state index contributed by atoms with van der Waals surface area (Å²) in [6, 6.07) is 3.91. The van der Waals surface area contributed by atoms with Crippen LogP contribution >= 0.6 is 23.1 Å². The molecule has 7 heteroatoms. The minimum absolute atomic E-state index is 0.151. The molecule has 0 spiro atoms. The highest BCUT2D eigenvalue weighted by Gasteiger charge is 2.10. The molecule has 0 aliphatic rings. The fourth-order valence-corrected chi connectivity index (χ4v) is 2.82. The predicted octanol–water partition coefficient (Wildman–Crippen LogP) is 2.58. The molecule has 2 aromatic heterocycles. The zero-order valence-corrected chi connectivity index (χ0v) is 13.3. The van der Waals surface area contributed by atoms with Crippen LogP contribution in [-0.4, -0.2) is 26.9 Å². The van der Waals surface area contributed by atoms with Gasteiger partial charge in [-0.15, -0.1) is 28.1 Å². The SMILES string of the molecule is C=CCn1c(CNC(=O)/C=C/c2cccs2)nnc1SC. The van der Waals surface area contributed by atoms with Crippen LogP contribution in [0, 0.1) is 0 Å². The highest BCUT2D eigenvalue weighted by molar-refractivity contribution is 7.98. The quantitative estimate of drug-likeness (QED) is 0.484. The van der Waals surface area contributed by atoms with E-state index in [0.29, 0.717) is 13.1 Å². The molecule has 0 radical (unpaired) electrons. The molecule has 2 aromatic rings. The Kier molecular flexibility index (Phi) is 5.77. The molecule has 0 aliphatic heterocycles. The number of hydrogen-bond donors (Lipinski definition) is 1. The summed E-state index contributed by atoms with van der Waals surface area (Å²) < 4.78 is 1.93. The van der Waals surface area contributed by atoms with Crippen LogP contribution in [0.25, 0.3) is 6.08 Å². The number of aromatic nitrogens is 3. The molecule has 2 heterocycles. The highest BCUT2D eigenvalue weighted by atomic mass is 32.2. The number of allylic oxidation sites excluding steroid dienone is 1. The van der Waals surface area contributed by atoms with Gasteiger partial charge in [-0.05, 0) is 23.8 Å². The van der Waals surface area contributed by atoms with Gasteiger partial charge in [-0.3, -0.25) is 4.79 Å². The van der Waals surface area contributed by atoms with Gasteiger partial charge in [0.25, 0.3) is 0 Å². The number of carbonyl (C=O) groups excluding carboxylic acids is 1. The maximum absolute atomic E-state index is 11.8. The Bertz CT molecular complexity index is 631. The van der Waals surface area contributed by atoms with Gasteiger partial charge in [0, 0.05) is 17.5 Å². The lowest BCUT2D eigenvalue weighted by Gasteiger charge is -2.06. The first-order valence-electron chi connectivity index (χ1n) is 6.31. The minimum atomic E-state index is -0.151. The standard InChI is InChI=1S/C14H16N4OS2/c1-3-8-18-12(16-17-14(18)20-2)10-15-13(19)7-6-11-5-4-9-21-11/h3-7,9H,1,8,10H2,2H3,(H,15,19)/b7-6+. The minimum Gasteiger partial charge on any atom is -0.345 e. The molecule has 2 rings (SSSR count). The average Bonchev–Trinajstić information content (AvgIpc) is 3.13. The fourth-order valence-electron chi connectivity index (χ4n) is 1.68. The number of thiophene rings is 1. The average molecular weight is 320 g/mol. The van der Waals surface area contributed by atoms with Crippen LogP contribution in [0.2, 0.25) is 0 Å². The molecule has 1 amide bonds. The molecule has 5 nitrogen and oxygen atoms in total. The second kappa shape index (κ2) is 7.80. The number of amides is 1. The zero-order valence-electron chi connectivity index (χ0n) is 11.7. The number of nitrogens with one attached hydrogen (secondary N) is 1. The monoisotopic (exact) mass is 320 g/mol. The van der Waals surface area contributed by atoms with Gasteiger partial charge in [0.1, 0.15) is 0 Å². The Morgan fingerprint density at radius 2 is 2.43 bits per heavy atom. The van der Waals surface area contributed by atoms with Crippen molar-refractivity contribution in [2.45, 2.75) is 18.2 Å². The van der Waals surface area contributed by atoms with Crippen molar-refractivity contribution in [2.75, 3.05) is 6.26 Å². The lowest BCUT2D eigenvalue weighted by atomic mass is 10.4. The van der Waals surface area contributed by atoms with E-state index in [1.807, 2.05) is 28.3 Å². The third kappa shape index (κ3) is 4.30. The summed E-state index contributed by atoms with van der Waals surface area (Å²) in [5.74, 6) is 0.569. The van der Waals surface area contributed by atoms with Crippen LogP contribution in [0.5, 0.6) is 0 Å².